The molecule has 10 nitrogen and oxygen atoms in total. The second kappa shape index (κ2) is 9.88. The van der Waals surface area contributed by atoms with Gasteiger partial charge in [0, 0.05) is 11.6 Å². The van der Waals surface area contributed by atoms with Crippen molar-refractivity contribution in [1.29, 1.82) is 0 Å². The zero-order valence-electron chi connectivity index (χ0n) is 11.9. The summed E-state index contributed by atoms with van der Waals surface area (Å²) in [5.74, 6) is -3.13. The maximum Gasteiger partial charge on any atom is 0.471 e. The zero-order valence-corrected chi connectivity index (χ0v) is 12.8. The van der Waals surface area contributed by atoms with Gasteiger partial charge in [0.1, 0.15) is 5.82 Å². The van der Waals surface area contributed by atoms with Gasteiger partial charge in [0.05, 0.1) is 0 Å². The van der Waals surface area contributed by atoms with Gasteiger partial charge in [-0.15, -0.1) is 0 Å². The van der Waals surface area contributed by atoms with Crippen molar-refractivity contribution >= 4 is 25.8 Å². The molecule has 1 aromatic rings. The fraction of sp³-hybridized carbons (Fsp3) is 0.167. The standard InChI is InChI=1S/C9H7FO2.C3H8NO7P/c10-8-4-2-1-3-7(8)5-6-9(11)12;4-1(2(5)6)3(7)11-12(8,9)10/h1-6H,(H,11,12);1,3,7H,4H2,(H,5,6)(H2,8,9,10)/b6-5+;. The lowest BCUT2D eigenvalue weighted by Crippen LogP contribution is -2.42. The first-order valence-electron chi connectivity index (χ1n) is 6.00. The number of carboxylic acid groups (broad SMARTS) is 2. The first-order chi connectivity index (χ1) is 10.9. The Labute approximate surface area is 134 Å². The molecule has 0 radical (unpaired) electrons. The molecule has 0 aliphatic carbocycles. The Balaban J connectivity index is 0.000000441. The molecule has 1 rings (SSSR count). The van der Waals surface area contributed by atoms with E-state index in [1.54, 1.807) is 12.1 Å². The molecule has 0 saturated heterocycles. The molecule has 0 aliphatic rings. The molecule has 0 amide bonds. The smallest absolute Gasteiger partial charge is 0.471 e. The largest absolute Gasteiger partial charge is 0.480 e. The molecule has 134 valence electrons. The highest BCUT2D eigenvalue weighted by Crippen LogP contribution is 2.37. The van der Waals surface area contributed by atoms with Gasteiger partial charge < -0.3 is 30.8 Å². The first-order valence-corrected chi connectivity index (χ1v) is 7.53. The molecule has 0 fully saturated rings. The molecule has 0 aromatic heterocycles. The van der Waals surface area contributed by atoms with Crippen molar-refractivity contribution in [2.24, 2.45) is 5.73 Å². The molecule has 24 heavy (non-hydrogen) atoms. The molecular formula is C12H15FNO9P. The van der Waals surface area contributed by atoms with Crippen LogP contribution in [-0.4, -0.2) is 49.4 Å². The van der Waals surface area contributed by atoms with Gasteiger partial charge in [-0.25, -0.2) is 13.8 Å². The zero-order chi connectivity index (χ0) is 18.9. The summed E-state index contributed by atoms with van der Waals surface area (Å²) in [5.41, 5.74) is 5.03. The van der Waals surface area contributed by atoms with Crippen LogP contribution in [0.1, 0.15) is 5.56 Å². The van der Waals surface area contributed by atoms with Crippen molar-refractivity contribution < 1.29 is 48.2 Å². The summed E-state index contributed by atoms with van der Waals surface area (Å²) in [4.78, 5) is 36.3. The van der Waals surface area contributed by atoms with E-state index in [2.05, 4.69) is 4.52 Å². The molecule has 7 N–H and O–H groups in total. The number of hydrogen-bond donors (Lipinski definition) is 6. The minimum Gasteiger partial charge on any atom is -0.480 e. The minimum atomic E-state index is -4.91. The van der Waals surface area contributed by atoms with E-state index in [1.165, 1.54) is 18.2 Å². The Morgan fingerprint density at radius 3 is 2.21 bits per heavy atom. The number of carbonyl (C=O) groups is 2. The first kappa shape index (κ1) is 21.9. The lowest BCUT2D eigenvalue weighted by Gasteiger charge is -2.15. The van der Waals surface area contributed by atoms with Crippen LogP contribution in [0.5, 0.6) is 0 Å². The van der Waals surface area contributed by atoms with Gasteiger partial charge in [-0.05, 0) is 12.1 Å². The van der Waals surface area contributed by atoms with E-state index in [-0.39, 0.29) is 5.56 Å². The maximum atomic E-state index is 12.8. The molecule has 0 bridgehead atoms. The minimum absolute atomic E-state index is 0.278. The fourth-order valence-electron chi connectivity index (χ4n) is 1.10. The Morgan fingerprint density at radius 1 is 1.25 bits per heavy atom. The van der Waals surface area contributed by atoms with E-state index in [9.17, 15) is 18.5 Å². The highest BCUT2D eigenvalue weighted by molar-refractivity contribution is 7.46. The number of aliphatic hydroxyl groups is 1. The number of nitrogens with two attached hydrogens (primary N) is 1. The van der Waals surface area contributed by atoms with Crippen molar-refractivity contribution in [2.75, 3.05) is 0 Å². The number of carboxylic acids is 2. The summed E-state index contributed by atoms with van der Waals surface area (Å²) < 4.78 is 26.4. The van der Waals surface area contributed by atoms with Crippen molar-refractivity contribution in [2.45, 2.75) is 12.3 Å². The van der Waals surface area contributed by atoms with Crippen LogP contribution in [0.2, 0.25) is 0 Å². The van der Waals surface area contributed by atoms with Gasteiger partial charge in [0.25, 0.3) is 0 Å². The van der Waals surface area contributed by atoms with Crippen LogP contribution in [0.3, 0.4) is 0 Å². The molecule has 12 heteroatoms. The van der Waals surface area contributed by atoms with E-state index in [0.717, 1.165) is 6.08 Å². The number of phosphoric ester groups is 1. The average Bonchev–Trinajstić information content (AvgIpc) is 2.44. The van der Waals surface area contributed by atoms with Crippen LogP contribution in [-0.2, 0) is 18.7 Å². The van der Waals surface area contributed by atoms with Crippen LogP contribution in [0.25, 0.3) is 6.08 Å². The maximum absolute atomic E-state index is 12.8. The van der Waals surface area contributed by atoms with Gasteiger partial charge >= 0.3 is 19.8 Å². The van der Waals surface area contributed by atoms with Gasteiger partial charge in [0.2, 0.25) is 0 Å². The summed E-state index contributed by atoms with van der Waals surface area (Å²) in [5, 5.41) is 25.0. The van der Waals surface area contributed by atoms with Gasteiger partial charge in [0.15, 0.2) is 12.3 Å². The Bertz CT molecular complexity index is 645. The van der Waals surface area contributed by atoms with E-state index < -0.39 is 37.9 Å². The molecule has 2 atom stereocenters. The third kappa shape index (κ3) is 9.79. The lowest BCUT2D eigenvalue weighted by atomic mass is 10.2. The van der Waals surface area contributed by atoms with E-state index in [1.807, 2.05) is 0 Å². The van der Waals surface area contributed by atoms with Crippen molar-refractivity contribution in [3.8, 4) is 0 Å². The van der Waals surface area contributed by atoms with E-state index >= 15 is 0 Å². The Morgan fingerprint density at radius 2 is 1.79 bits per heavy atom. The van der Waals surface area contributed by atoms with E-state index in [4.69, 9.17) is 30.8 Å². The van der Waals surface area contributed by atoms with Crippen molar-refractivity contribution in [3.63, 3.8) is 0 Å². The molecular weight excluding hydrogens is 352 g/mol. The lowest BCUT2D eigenvalue weighted by molar-refractivity contribution is -0.148. The number of phosphoric acid groups is 1. The second-order valence-corrected chi connectivity index (χ2v) is 5.24. The molecule has 0 spiro atoms. The second-order valence-electron chi connectivity index (χ2n) is 4.04. The summed E-state index contributed by atoms with van der Waals surface area (Å²) in [6.07, 6.45) is -0.112. The Kier molecular flexibility index (Phi) is 9.00. The van der Waals surface area contributed by atoms with Gasteiger partial charge in [-0.3, -0.25) is 9.32 Å². The fourth-order valence-corrected chi connectivity index (χ4v) is 1.51. The number of benzene rings is 1. The van der Waals surface area contributed by atoms with Crippen LogP contribution in [0.4, 0.5) is 4.39 Å². The monoisotopic (exact) mass is 367 g/mol. The SMILES string of the molecule is NC(C(=O)O)C(O)OP(=O)(O)O.O=C(O)/C=C/c1ccccc1F. The quantitative estimate of drug-likeness (QED) is 0.222. The van der Waals surface area contributed by atoms with Gasteiger partial charge in [-0.1, -0.05) is 18.2 Å². The third-order valence-electron chi connectivity index (χ3n) is 2.15. The summed E-state index contributed by atoms with van der Waals surface area (Å²) in [6, 6.07) is 4.09. The Hall–Kier alpha value is -2.14. The third-order valence-corrected chi connectivity index (χ3v) is 2.64. The average molecular weight is 367 g/mol. The molecule has 0 heterocycles. The summed E-state index contributed by atoms with van der Waals surface area (Å²) in [7, 11) is -4.91. The highest BCUT2D eigenvalue weighted by Gasteiger charge is 2.29. The summed E-state index contributed by atoms with van der Waals surface area (Å²) in [6.45, 7) is 0. The van der Waals surface area contributed by atoms with Crippen LogP contribution in [0, 0.1) is 5.82 Å². The van der Waals surface area contributed by atoms with E-state index in [0.29, 0.717) is 0 Å². The van der Waals surface area contributed by atoms with Gasteiger partial charge in [-0.2, -0.15) is 0 Å². The topological polar surface area (TPSA) is 188 Å². The molecule has 1 aromatic carbocycles. The van der Waals surface area contributed by atoms with Crippen LogP contribution >= 0.6 is 7.82 Å². The number of aliphatic hydroxyl groups excluding tert-OH is 1. The molecule has 0 saturated carbocycles. The summed E-state index contributed by atoms with van der Waals surface area (Å²) >= 11 is 0. The number of hydrogen-bond acceptors (Lipinski definition) is 6. The van der Waals surface area contributed by atoms with Crippen molar-refractivity contribution in [3.05, 3.63) is 41.7 Å². The predicted octanol–water partition coefficient (Wildman–Crippen LogP) is -0.250. The molecule has 2 unspecified atom stereocenters. The highest BCUT2D eigenvalue weighted by atomic mass is 31.2. The van der Waals surface area contributed by atoms with Crippen LogP contribution < -0.4 is 5.73 Å². The predicted molar refractivity (Wildman–Crippen MR) is 77.8 cm³/mol. The number of halogens is 1. The van der Waals surface area contributed by atoms with Crippen LogP contribution in [0.15, 0.2) is 30.3 Å². The molecule has 0 aliphatic heterocycles. The number of aliphatic carboxylic acids is 2. The van der Waals surface area contributed by atoms with Crippen molar-refractivity contribution in [1.82, 2.24) is 0 Å². The number of rotatable bonds is 6. The normalized spacial score (nSPS) is 13.7.